The molecule has 1 saturated heterocycles. The largest absolute Gasteiger partial charge is 0.310 e. The molecule has 0 radical (unpaired) electrons. The molecule has 4 heteroatoms. The zero-order valence-electron chi connectivity index (χ0n) is 11.5. The summed E-state index contributed by atoms with van der Waals surface area (Å²) in [4.78, 5) is 27.4. The Morgan fingerprint density at radius 3 is 2.42 bits per heavy atom. The SMILES string of the molecule is CC(C)(C)c1ccc(N2CC(N=C=O)CC2=O)cc1. The van der Waals surface area contributed by atoms with Crippen molar-refractivity contribution in [2.75, 3.05) is 11.4 Å². The van der Waals surface area contributed by atoms with Gasteiger partial charge in [0.2, 0.25) is 12.0 Å². The molecule has 0 saturated carbocycles. The highest BCUT2D eigenvalue weighted by atomic mass is 16.2. The normalized spacial score (nSPS) is 19.4. The summed E-state index contributed by atoms with van der Waals surface area (Å²) in [5.41, 5.74) is 2.18. The number of hydrogen-bond acceptors (Lipinski definition) is 3. The minimum Gasteiger partial charge on any atom is -0.310 e. The maximum Gasteiger partial charge on any atom is 0.235 e. The molecule has 2 rings (SSSR count). The number of anilines is 1. The molecule has 1 aliphatic rings. The summed E-state index contributed by atoms with van der Waals surface area (Å²) in [6.45, 7) is 6.91. The molecule has 1 aromatic rings. The van der Waals surface area contributed by atoms with Crippen molar-refractivity contribution in [3.63, 3.8) is 0 Å². The van der Waals surface area contributed by atoms with Crippen LogP contribution in [0.3, 0.4) is 0 Å². The van der Waals surface area contributed by atoms with Gasteiger partial charge in [0, 0.05) is 12.2 Å². The van der Waals surface area contributed by atoms with E-state index in [4.69, 9.17) is 0 Å². The highest BCUT2D eigenvalue weighted by Gasteiger charge is 2.30. The van der Waals surface area contributed by atoms with E-state index in [1.165, 1.54) is 11.6 Å². The van der Waals surface area contributed by atoms with Gasteiger partial charge in [0.1, 0.15) is 0 Å². The Labute approximate surface area is 113 Å². The second-order valence-corrected chi connectivity index (χ2v) is 5.88. The van der Waals surface area contributed by atoms with Gasteiger partial charge in [-0.2, -0.15) is 0 Å². The summed E-state index contributed by atoms with van der Waals surface area (Å²) >= 11 is 0. The smallest absolute Gasteiger partial charge is 0.235 e. The lowest BCUT2D eigenvalue weighted by molar-refractivity contribution is -0.117. The number of carbonyl (C=O) groups is 1. The predicted octanol–water partition coefficient (Wildman–Crippen LogP) is 2.43. The molecule has 1 atom stereocenters. The summed E-state index contributed by atoms with van der Waals surface area (Å²) in [6, 6.07) is 7.72. The van der Waals surface area contributed by atoms with Crippen molar-refractivity contribution in [1.29, 1.82) is 0 Å². The molecule has 1 aliphatic heterocycles. The van der Waals surface area contributed by atoms with Gasteiger partial charge in [0.05, 0.1) is 12.5 Å². The van der Waals surface area contributed by atoms with Crippen LogP contribution in [-0.2, 0) is 15.0 Å². The van der Waals surface area contributed by atoms with Crippen molar-refractivity contribution in [3.05, 3.63) is 29.8 Å². The zero-order chi connectivity index (χ0) is 14.0. The Morgan fingerprint density at radius 1 is 1.26 bits per heavy atom. The van der Waals surface area contributed by atoms with Crippen molar-refractivity contribution >= 4 is 17.7 Å². The minimum absolute atomic E-state index is 0.00695. The fourth-order valence-electron chi connectivity index (χ4n) is 2.24. The van der Waals surface area contributed by atoms with Crippen molar-refractivity contribution in [2.45, 2.75) is 38.6 Å². The van der Waals surface area contributed by atoms with E-state index in [-0.39, 0.29) is 23.8 Å². The second-order valence-electron chi connectivity index (χ2n) is 5.88. The number of carbonyl (C=O) groups excluding carboxylic acids is 2. The molecule has 0 N–H and O–H groups in total. The highest BCUT2D eigenvalue weighted by molar-refractivity contribution is 5.96. The van der Waals surface area contributed by atoms with Crippen LogP contribution in [0.2, 0.25) is 0 Å². The third-order valence-electron chi connectivity index (χ3n) is 3.38. The Kier molecular flexibility index (Phi) is 3.54. The van der Waals surface area contributed by atoms with E-state index in [2.05, 4.69) is 25.8 Å². The molecular formula is C15H18N2O2. The number of hydrogen-bond donors (Lipinski definition) is 0. The number of benzene rings is 1. The molecule has 1 unspecified atom stereocenters. The average Bonchev–Trinajstić information content (AvgIpc) is 2.70. The van der Waals surface area contributed by atoms with Crippen LogP contribution in [0.25, 0.3) is 0 Å². The molecule has 0 aliphatic carbocycles. The van der Waals surface area contributed by atoms with Crippen molar-refractivity contribution < 1.29 is 9.59 Å². The number of nitrogens with zero attached hydrogens (tertiary/aromatic N) is 2. The van der Waals surface area contributed by atoms with Crippen molar-refractivity contribution in [3.8, 4) is 0 Å². The Balaban J connectivity index is 2.19. The van der Waals surface area contributed by atoms with Crippen LogP contribution >= 0.6 is 0 Å². The first-order valence-electron chi connectivity index (χ1n) is 6.39. The molecule has 100 valence electrons. The topological polar surface area (TPSA) is 49.7 Å². The van der Waals surface area contributed by atoms with Gasteiger partial charge in [0.15, 0.2) is 0 Å². The molecule has 1 amide bonds. The first-order valence-corrected chi connectivity index (χ1v) is 6.39. The molecule has 19 heavy (non-hydrogen) atoms. The van der Waals surface area contributed by atoms with Gasteiger partial charge in [-0.1, -0.05) is 32.9 Å². The van der Waals surface area contributed by atoms with Gasteiger partial charge < -0.3 is 4.90 Å². The zero-order valence-corrected chi connectivity index (χ0v) is 11.5. The van der Waals surface area contributed by atoms with Gasteiger partial charge in [-0.3, -0.25) is 4.79 Å². The lowest BCUT2D eigenvalue weighted by Gasteiger charge is -2.21. The van der Waals surface area contributed by atoms with E-state index in [9.17, 15) is 9.59 Å². The molecule has 4 nitrogen and oxygen atoms in total. The third kappa shape index (κ3) is 2.91. The fraction of sp³-hybridized carbons (Fsp3) is 0.467. The second kappa shape index (κ2) is 4.98. The minimum atomic E-state index is -0.257. The number of rotatable bonds is 2. The van der Waals surface area contributed by atoms with E-state index in [1.54, 1.807) is 4.90 Å². The van der Waals surface area contributed by atoms with E-state index in [1.807, 2.05) is 24.3 Å². The first kappa shape index (κ1) is 13.5. The number of isocyanates is 1. The summed E-state index contributed by atoms with van der Waals surface area (Å²) < 4.78 is 0. The third-order valence-corrected chi connectivity index (χ3v) is 3.38. The van der Waals surface area contributed by atoms with Crippen LogP contribution in [0.15, 0.2) is 29.3 Å². The molecule has 1 fully saturated rings. The van der Waals surface area contributed by atoms with Gasteiger partial charge in [0.25, 0.3) is 0 Å². The molecule has 0 spiro atoms. The van der Waals surface area contributed by atoms with E-state index in [0.717, 1.165) is 5.69 Å². The standard InChI is InChI=1S/C15H18N2O2/c1-15(2,3)11-4-6-13(7-5-11)17-9-12(16-10-18)8-14(17)19/h4-7,12H,8-9H2,1-3H3. The Morgan fingerprint density at radius 2 is 1.89 bits per heavy atom. The number of amides is 1. The van der Waals surface area contributed by atoms with Gasteiger partial charge >= 0.3 is 0 Å². The first-order chi connectivity index (χ1) is 8.91. The number of aliphatic imine (C=N–C) groups is 1. The predicted molar refractivity (Wildman–Crippen MR) is 74.0 cm³/mol. The highest BCUT2D eigenvalue weighted by Crippen LogP contribution is 2.27. The average molecular weight is 258 g/mol. The van der Waals surface area contributed by atoms with E-state index < -0.39 is 0 Å². The maximum atomic E-state index is 11.9. The van der Waals surface area contributed by atoms with Gasteiger partial charge in [-0.05, 0) is 23.1 Å². The van der Waals surface area contributed by atoms with Crippen LogP contribution < -0.4 is 4.90 Å². The van der Waals surface area contributed by atoms with Crippen LogP contribution in [0.1, 0.15) is 32.8 Å². The van der Waals surface area contributed by atoms with E-state index >= 15 is 0 Å². The quantitative estimate of drug-likeness (QED) is 0.604. The monoisotopic (exact) mass is 258 g/mol. The summed E-state index contributed by atoms with van der Waals surface area (Å²) in [5, 5.41) is 0. The lowest BCUT2D eigenvalue weighted by Crippen LogP contribution is -2.25. The Hall–Kier alpha value is -1.93. The molecule has 1 heterocycles. The fourth-order valence-corrected chi connectivity index (χ4v) is 2.24. The summed E-state index contributed by atoms with van der Waals surface area (Å²) in [6.07, 6.45) is 1.82. The van der Waals surface area contributed by atoms with E-state index in [0.29, 0.717) is 6.54 Å². The van der Waals surface area contributed by atoms with Crippen molar-refractivity contribution in [2.24, 2.45) is 4.99 Å². The molecule has 0 aromatic heterocycles. The summed E-state index contributed by atoms with van der Waals surface area (Å²) in [7, 11) is 0. The van der Waals surface area contributed by atoms with Crippen LogP contribution in [0.5, 0.6) is 0 Å². The molecular weight excluding hydrogens is 240 g/mol. The van der Waals surface area contributed by atoms with Crippen LogP contribution in [0, 0.1) is 0 Å². The van der Waals surface area contributed by atoms with Gasteiger partial charge in [-0.15, -0.1) is 0 Å². The van der Waals surface area contributed by atoms with Crippen LogP contribution in [0.4, 0.5) is 5.69 Å². The Bertz CT molecular complexity index is 522. The molecule has 1 aromatic carbocycles. The maximum absolute atomic E-state index is 11.9. The van der Waals surface area contributed by atoms with Crippen LogP contribution in [-0.4, -0.2) is 24.6 Å². The molecule has 0 bridgehead atoms. The van der Waals surface area contributed by atoms with Gasteiger partial charge in [-0.25, -0.2) is 9.79 Å². The van der Waals surface area contributed by atoms with Crippen molar-refractivity contribution in [1.82, 2.24) is 0 Å². The summed E-state index contributed by atoms with van der Waals surface area (Å²) in [5.74, 6) is 0.00695. The lowest BCUT2D eigenvalue weighted by atomic mass is 9.87.